The Morgan fingerprint density at radius 2 is 2.06 bits per heavy atom. The van der Waals surface area contributed by atoms with E-state index in [0.717, 1.165) is 17.1 Å². The van der Waals surface area contributed by atoms with E-state index in [1.165, 1.54) is 10.4 Å². The predicted molar refractivity (Wildman–Crippen MR) is 68.2 cm³/mol. The van der Waals surface area contributed by atoms with Crippen molar-refractivity contribution in [1.29, 1.82) is 0 Å². The van der Waals surface area contributed by atoms with Crippen molar-refractivity contribution < 1.29 is 9.84 Å². The molecule has 0 saturated heterocycles. The summed E-state index contributed by atoms with van der Waals surface area (Å²) in [7, 11) is 1.70. The van der Waals surface area contributed by atoms with Crippen LogP contribution in [-0.4, -0.2) is 28.8 Å². The Morgan fingerprint density at radius 3 is 2.39 bits per heavy atom. The summed E-state index contributed by atoms with van der Waals surface area (Å²) in [6.45, 7) is 2.02. The Kier molecular flexibility index (Phi) is 3.89. The molecule has 0 atom stereocenters. The molecular formula is C14H16N2O2. The Hall–Kier alpha value is -1.94. The fraction of sp³-hybridized carbons (Fsp3) is 0.286. The highest BCUT2D eigenvalue weighted by Gasteiger charge is 2.03. The Labute approximate surface area is 106 Å². The van der Waals surface area contributed by atoms with Gasteiger partial charge in [-0.3, -0.25) is 9.97 Å². The molecule has 1 N–H and O–H groups in total. The molecule has 0 unspecified atom stereocenters. The summed E-state index contributed by atoms with van der Waals surface area (Å²) < 4.78 is 4.97. The van der Waals surface area contributed by atoms with Gasteiger partial charge in [0.15, 0.2) is 0 Å². The molecule has 4 nitrogen and oxygen atoms in total. The number of aryl methyl sites for hydroxylation is 1. The van der Waals surface area contributed by atoms with Gasteiger partial charge in [0.1, 0.15) is 5.75 Å². The van der Waals surface area contributed by atoms with Crippen molar-refractivity contribution in [2.75, 3.05) is 13.7 Å². The molecule has 18 heavy (non-hydrogen) atoms. The van der Waals surface area contributed by atoms with Gasteiger partial charge in [-0.2, -0.15) is 0 Å². The first-order valence-electron chi connectivity index (χ1n) is 5.81. The molecule has 0 saturated carbocycles. The standard InChI is InChI=1S/C7H10N2O.C7H6O/c1-6-4-9-7(2-3-10)5-8-6;1-8-7-4-5-2-3-6(5)7/h4-5,10H,2-3H2,1H3;2-4H,1H3. The minimum atomic E-state index is 0.137. The molecule has 1 aromatic heterocycles. The van der Waals surface area contributed by atoms with Crippen LogP contribution in [0, 0.1) is 17.4 Å². The van der Waals surface area contributed by atoms with Gasteiger partial charge in [0.2, 0.25) is 0 Å². The van der Waals surface area contributed by atoms with Crippen molar-refractivity contribution in [2.45, 2.75) is 13.3 Å². The van der Waals surface area contributed by atoms with Gasteiger partial charge in [-0.15, -0.1) is 0 Å². The lowest BCUT2D eigenvalue weighted by Crippen LogP contribution is -1.95. The lowest BCUT2D eigenvalue weighted by Gasteiger charge is -2.08. The number of rotatable bonds is 3. The zero-order valence-corrected chi connectivity index (χ0v) is 10.6. The molecule has 3 rings (SSSR count). The fourth-order valence-corrected chi connectivity index (χ4v) is 1.59. The Morgan fingerprint density at radius 1 is 1.22 bits per heavy atom. The first kappa shape index (κ1) is 12.5. The second kappa shape index (κ2) is 5.60. The smallest absolute Gasteiger partial charge is 0.127 e. The molecule has 0 radical (unpaired) electrons. The number of hydrogen-bond acceptors (Lipinski definition) is 4. The number of aliphatic hydroxyl groups excluding tert-OH is 1. The lowest BCUT2D eigenvalue weighted by molar-refractivity contribution is 0.298. The largest absolute Gasteiger partial charge is 0.496 e. The normalized spacial score (nSPS) is 10.4. The monoisotopic (exact) mass is 244 g/mol. The molecule has 0 spiro atoms. The topological polar surface area (TPSA) is 55.2 Å². The molecule has 2 aliphatic rings. The number of hydrogen-bond donors (Lipinski definition) is 1. The fourth-order valence-electron chi connectivity index (χ4n) is 1.59. The van der Waals surface area contributed by atoms with Crippen LogP contribution in [0.1, 0.15) is 11.4 Å². The molecule has 4 heteroatoms. The number of ether oxygens (including phenoxy) is 1. The summed E-state index contributed by atoms with van der Waals surface area (Å²) in [5.74, 6) is 1.03. The van der Waals surface area contributed by atoms with Crippen molar-refractivity contribution >= 4 is 0 Å². The zero-order chi connectivity index (χ0) is 13.0. The molecule has 1 heterocycles. The molecule has 2 aliphatic carbocycles. The predicted octanol–water partition coefficient (Wildman–Crippen LogP) is 1.62. The SMILES string of the molecule is COc1cc2ccc1=2.Cc1cnc(CCO)cn1. The van der Waals surface area contributed by atoms with Crippen LogP contribution < -0.4 is 4.74 Å². The van der Waals surface area contributed by atoms with Crippen LogP contribution in [0.25, 0.3) is 0 Å². The molecule has 1 aromatic rings. The van der Waals surface area contributed by atoms with Crippen LogP contribution in [0.3, 0.4) is 0 Å². The second-order valence-corrected chi connectivity index (χ2v) is 4.04. The molecule has 0 aliphatic heterocycles. The molecule has 94 valence electrons. The molecule has 0 aromatic carbocycles. The molecule has 0 fully saturated rings. The van der Waals surface area contributed by atoms with E-state index in [2.05, 4.69) is 22.1 Å². The van der Waals surface area contributed by atoms with Gasteiger partial charge in [-0.25, -0.2) is 0 Å². The van der Waals surface area contributed by atoms with E-state index in [-0.39, 0.29) is 6.61 Å². The summed E-state index contributed by atoms with van der Waals surface area (Å²) in [6.07, 6.45) is 3.98. The summed E-state index contributed by atoms with van der Waals surface area (Å²) in [5.41, 5.74) is 1.75. The third kappa shape index (κ3) is 2.65. The van der Waals surface area contributed by atoms with E-state index in [4.69, 9.17) is 9.84 Å². The first-order chi connectivity index (χ1) is 8.74. The summed E-state index contributed by atoms with van der Waals surface area (Å²) >= 11 is 0. The van der Waals surface area contributed by atoms with Gasteiger partial charge in [-0.1, -0.05) is 12.1 Å². The van der Waals surface area contributed by atoms with Gasteiger partial charge in [0.25, 0.3) is 0 Å². The van der Waals surface area contributed by atoms with E-state index < -0.39 is 0 Å². The average molecular weight is 244 g/mol. The lowest BCUT2D eigenvalue weighted by atomic mass is 10.1. The maximum Gasteiger partial charge on any atom is 0.127 e. The third-order valence-electron chi connectivity index (χ3n) is 2.71. The van der Waals surface area contributed by atoms with Gasteiger partial charge in [0.05, 0.1) is 18.5 Å². The Balaban J connectivity index is 0.000000136. The number of aromatic nitrogens is 2. The number of aliphatic hydroxyl groups is 1. The minimum absolute atomic E-state index is 0.137. The summed E-state index contributed by atoms with van der Waals surface area (Å²) in [4.78, 5) is 8.07. The first-order valence-corrected chi connectivity index (χ1v) is 5.81. The Bertz CT molecular complexity index is 609. The molecule has 0 amide bonds. The van der Waals surface area contributed by atoms with Gasteiger partial charge >= 0.3 is 0 Å². The second-order valence-electron chi connectivity index (χ2n) is 4.04. The highest BCUT2D eigenvalue weighted by Crippen LogP contribution is 2.22. The van der Waals surface area contributed by atoms with Gasteiger partial charge in [0, 0.05) is 30.6 Å². The van der Waals surface area contributed by atoms with E-state index >= 15 is 0 Å². The van der Waals surface area contributed by atoms with E-state index in [1.54, 1.807) is 19.5 Å². The van der Waals surface area contributed by atoms with Crippen LogP contribution in [0.5, 0.6) is 5.75 Å². The van der Waals surface area contributed by atoms with Crippen molar-refractivity contribution in [2.24, 2.45) is 0 Å². The summed E-state index contributed by atoms with van der Waals surface area (Å²) in [6, 6.07) is 6.18. The van der Waals surface area contributed by atoms with Crippen molar-refractivity contribution in [3.63, 3.8) is 0 Å². The van der Waals surface area contributed by atoms with Crippen LogP contribution >= 0.6 is 0 Å². The van der Waals surface area contributed by atoms with E-state index in [1.807, 2.05) is 13.0 Å². The molecular weight excluding hydrogens is 228 g/mol. The molecule has 0 bridgehead atoms. The van der Waals surface area contributed by atoms with Crippen molar-refractivity contribution in [3.8, 4) is 5.75 Å². The highest BCUT2D eigenvalue weighted by molar-refractivity contribution is 5.38. The van der Waals surface area contributed by atoms with Gasteiger partial charge in [-0.05, 0) is 18.2 Å². The van der Waals surface area contributed by atoms with Crippen LogP contribution in [0.4, 0.5) is 0 Å². The third-order valence-corrected chi connectivity index (χ3v) is 2.71. The highest BCUT2D eigenvalue weighted by atomic mass is 16.5. The maximum absolute atomic E-state index is 8.52. The van der Waals surface area contributed by atoms with Crippen molar-refractivity contribution in [3.05, 3.63) is 52.4 Å². The summed E-state index contributed by atoms with van der Waals surface area (Å²) in [5, 5.41) is 11.1. The van der Waals surface area contributed by atoms with Crippen molar-refractivity contribution in [1.82, 2.24) is 9.97 Å². The van der Waals surface area contributed by atoms with Crippen LogP contribution in [0.2, 0.25) is 0 Å². The zero-order valence-electron chi connectivity index (χ0n) is 10.6. The number of methoxy groups -OCH3 is 1. The van der Waals surface area contributed by atoms with E-state index in [9.17, 15) is 0 Å². The maximum atomic E-state index is 8.52. The number of nitrogens with zero attached hydrogens (tertiary/aromatic N) is 2. The quantitative estimate of drug-likeness (QED) is 0.760. The number of benzene rings is 1. The van der Waals surface area contributed by atoms with Crippen LogP contribution in [0.15, 0.2) is 30.6 Å². The van der Waals surface area contributed by atoms with E-state index in [0.29, 0.717) is 6.42 Å². The van der Waals surface area contributed by atoms with Crippen LogP contribution in [-0.2, 0) is 6.42 Å². The van der Waals surface area contributed by atoms with Gasteiger partial charge < -0.3 is 9.84 Å². The average Bonchev–Trinajstić information content (AvgIpc) is 2.36. The minimum Gasteiger partial charge on any atom is -0.496 e.